The van der Waals surface area contributed by atoms with E-state index in [0.717, 1.165) is 5.56 Å². The molecule has 0 N–H and O–H groups in total. The van der Waals surface area contributed by atoms with Gasteiger partial charge in [-0.3, -0.25) is 4.90 Å². The van der Waals surface area contributed by atoms with Crippen molar-refractivity contribution in [3.63, 3.8) is 0 Å². The van der Waals surface area contributed by atoms with E-state index in [9.17, 15) is 4.79 Å². The van der Waals surface area contributed by atoms with Crippen LogP contribution in [0.4, 0.5) is 10.6 Å². The molecular formula is C12H18N2O2. The number of pyridine rings is 1. The fraction of sp³-hybridized carbons (Fsp3) is 0.500. The summed E-state index contributed by atoms with van der Waals surface area (Å²) in [5.74, 6) is 0.583. The summed E-state index contributed by atoms with van der Waals surface area (Å²) in [6, 6.07) is 3.70. The topological polar surface area (TPSA) is 42.4 Å². The number of aromatic nitrogens is 1. The van der Waals surface area contributed by atoms with Crippen LogP contribution in [0.2, 0.25) is 0 Å². The third kappa shape index (κ3) is 3.53. The molecule has 1 rings (SSSR count). The molecule has 0 bridgehead atoms. The molecular weight excluding hydrogens is 204 g/mol. The molecule has 1 amide bonds. The highest BCUT2D eigenvalue weighted by Crippen LogP contribution is 2.14. The molecule has 0 unspecified atom stereocenters. The number of carbonyl (C=O) groups is 1. The van der Waals surface area contributed by atoms with E-state index in [1.165, 1.54) is 4.90 Å². The summed E-state index contributed by atoms with van der Waals surface area (Å²) in [6.45, 7) is 7.45. The van der Waals surface area contributed by atoms with Crippen molar-refractivity contribution in [3.8, 4) is 0 Å². The molecule has 0 aromatic carbocycles. The Labute approximate surface area is 96.2 Å². The number of amides is 1. The van der Waals surface area contributed by atoms with Gasteiger partial charge in [0.15, 0.2) is 0 Å². The monoisotopic (exact) mass is 222 g/mol. The second kappa shape index (κ2) is 4.51. The number of hydrogen-bond donors (Lipinski definition) is 0. The molecule has 0 saturated carbocycles. The van der Waals surface area contributed by atoms with Crippen molar-refractivity contribution in [2.75, 3.05) is 11.9 Å². The Bertz CT molecular complexity index is 366. The minimum Gasteiger partial charge on any atom is -0.443 e. The lowest BCUT2D eigenvalue weighted by atomic mass is 10.2. The van der Waals surface area contributed by atoms with Gasteiger partial charge in [-0.2, -0.15) is 0 Å². The molecule has 4 heteroatoms. The minimum absolute atomic E-state index is 0.399. The number of anilines is 1. The lowest BCUT2D eigenvalue weighted by Gasteiger charge is -2.24. The van der Waals surface area contributed by atoms with Crippen LogP contribution in [0.5, 0.6) is 0 Å². The molecule has 0 atom stereocenters. The number of hydrogen-bond acceptors (Lipinski definition) is 3. The van der Waals surface area contributed by atoms with Gasteiger partial charge in [-0.25, -0.2) is 9.78 Å². The Kier molecular flexibility index (Phi) is 3.52. The van der Waals surface area contributed by atoms with E-state index in [2.05, 4.69) is 4.98 Å². The maximum absolute atomic E-state index is 11.7. The van der Waals surface area contributed by atoms with E-state index >= 15 is 0 Å². The maximum atomic E-state index is 11.7. The fourth-order valence-electron chi connectivity index (χ4n) is 1.08. The van der Waals surface area contributed by atoms with E-state index in [-0.39, 0.29) is 0 Å². The van der Waals surface area contributed by atoms with Gasteiger partial charge in [-0.1, -0.05) is 6.07 Å². The van der Waals surface area contributed by atoms with Crippen LogP contribution in [-0.2, 0) is 4.74 Å². The Morgan fingerprint density at radius 2 is 2.00 bits per heavy atom. The lowest BCUT2D eigenvalue weighted by molar-refractivity contribution is 0.0588. The Morgan fingerprint density at radius 1 is 1.38 bits per heavy atom. The van der Waals surface area contributed by atoms with Gasteiger partial charge >= 0.3 is 6.09 Å². The third-order valence-corrected chi connectivity index (χ3v) is 1.91. The molecule has 0 fully saturated rings. The Balaban J connectivity index is 2.74. The van der Waals surface area contributed by atoms with E-state index in [0.29, 0.717) is 5.82 Å². The molecule has 0 aliphatic rings. The van der Waals surface area contributed by atoms with E-state index < -0.39 is 11.7 Å². The highest BCUT2D eigenvalue weighted by molar-refractivity contribution is 5.85. The summed E-state index contributed by atoms with van der Waals surface area (Å²) < 4.78 is 5.23. The first-order chi connectivity index (χ1) is 7.29. The predicted molar refractivity (Wildman–Crippen MR) is 63.6 cm³/mol. The van der Waals surface area contributed by atoms with Crippen LogP contribution < -0.4 is 4.90 Å². The van der Waals surface area contributed by atoms with Gasteiger partial charge < -0.3 is 4.74 Å². The molecule has 88 valence electrons. The van der Waals surface area contributed by atoms with Crippen molar-refractivity contribution in [2.24, 2.45) is 0 Å². The van der Waals surface area contributed by atoms with Crippen LogP contribution in [0.25, 0.3) is 0 Å². The molecule has 0 saturated heterocycles. The molecule has 1 heterocycles. The van der Waals surface area contributed by atoms with E-state index in [1.54, 1.807) is 19.3 Å². The van der Waals surface area contributed by atoms with E-state index in [4.69, 9.17) is 4.74 Å². The summed E-state index contributed by atoms with van der Waals surface area (Å²) in [5.41, 5.74) is 0.567. The standard InChI is InChI=1S/C12H18N2O2/c1-9-6-7-10(13-8-9)14(5)11(15)16-12(2,3)4/h6-8H,1-5H3. The first-order valence-electron chi connectivity index (χ1n) is 5.19. The average Bonchev–Trinajstić information content (AvgIpc) is 2.15. The number of aryl methyl sites for hydroxylation is 1. The zero-order valence-electron chi connectivity index (χ0n) is 10.4. The molecule has 1 aromatic heterocycles. The van der Waals surface area contributed by atoms with Gasteiger partial charge in [0.2, 0.25) is 0 Å². The fourth-order valence-corrected chi connectivity index (χ4v) is 1.08. The average molecular weight is 222 g/mol. The van der Waals surface area contributed by atoms with Crippen molar-refractivity contribution < 1.29 is 9.53 Å². The summed E-state index contributed by atoms with van der Waals surface area (Å²) >= 11 is 0. The lowest BCUT2D eigenvalue weighted by Crippen LogP contribution is -2.34. The highest BCUT2D eigenvalue weighted by Gasteiger charge is 2.20. The quantitative estimate of drug-likeness (QED) is 0.733. The second-order valence-corrected chi connectivity index (χ2v) is 4.73. The molecule has 4 nitrogen and oxygen atoms in total. The van der Waals surface area contributed by atoms with Crippen LogP contribution >= 0.6 is 0 Å². The Hall–Kier alpha value is -1.58. The van der Waals surface area contributed by atoms with E-state index in [1.807, 2.05) is 33.8 Å². The molecule has 16 heavy (non-hydrogen) atoms. The van der Waals surface area contributed by atoms with Gasteiger partial charge in [0.25, 0.3) is 0 Å². The molecule has 0 aliphatic carbocycles. The van der Waals surface area contributed by atoms with Crippen LogP contribution in [0.15, 0.2) is 18.3 Å². The third-order valence-electron chi connectivity index (χ3n) is 1.91. The first-order valence-corrected chi connectivity index (χ1v) is 5.19. The summed E-state index contributed by atoms with van der Waals surface area (Å²) in [7, 11) is 1.64. The molecule has 1 aromatic rings. The first kappa shape index (κ1) is 12.5. The van der Waals surface area contributed by atoms with Crippen molar-refractivity contribution in [1.29, 1.82) is 0 Å². The SMILES string of the molecule is Cc1ccc(N(C)C(=O)OC(C)(C)C)nc1. The summed E-state index contributed by atoms with van der Waals surface area (Å²) in [5, 5.41) is 0. The van der Waals surface area contributed by atoms with Crippen molar-refractivity contribution in [3.05, 3.63) is 23.9 Å². The molecule has 0 aliphatic heterocycles. The number of carbonyl (C=O) groups excluding carboxylic acids is 1. The van der Waals surface area contributed by atoms with Gasteiger partial charge in [0, 0.05) is 13.2 Å². The maximum Gasteiger partial charge on any atom is 0.415 e. The van der Waals surface area contributed by atoms with Gasteiger partial charge in [-0.15, -0.1) is 0 Å². The highest BCUT2D eigenvalue weighted by atomic mass is 16.6. The molecule has 0 radical (unpaired) electrons. The van der Waals surface area contributed by atoms with Crippen molar-refractivity contribution in [2.45, 2.75) is 33.3 Å². The van der Waals surface area contributed by atoms with Crippen LogP contribution in [0.3, 0.4) is 0 Å². The largest absolute Gasteiger partial charge is 0.443 e. The smallest absolute Gasteiger partial charge is 0.415 e. The number of rotatable bonds is 1. The van der Waals surface area contributed by atoms with Crippen molar-refractivity contribution in [1.82, 2.24) is 4.98 Å². The van der Waals surface area contributed by atoms with Gasteiger partial charge in [0.05, 0.1) is 0 Å². The van der Waals surface area contributed by atoms with Crippen LogP contribution in [-0.4, -0.2) is 23.7 Å². The van der Waals surface area contributed by atoms with Crippen LogP contribution in [0.1, 0.15) is 26.3 Å². The number of ether oxygens (including phenoxy) is 1. The summed E-state index contributed by atoms with van der Waals surface area (Å²) in [4.78, 5) is 17.3. The second-order valence-electron chi connectivity index (χ2n) is 4.73. The summed E-state index contributed by atoms with van der Waals surface area (Å²) in [6.07, 6.45) is 1.32. The predicted octanol–water partition coefficient (Wildman–Crippen LogP) is 2.76. The van der Waals surface area contributed by atoms with Crippen LogP contribution in [0, 0.1) is 6.92 Å². The zero-order chi connectivity index (χ0) is 12.3. The van der Waals surface area contributed by atoms with Gasteiger partial charge in [-0.05, 0) is 39.3 Å². The zero-order valence-corrected chi connectivity index (χ0v) is 10.4. The Morgan fingerprint density at radius 3 is 2.44 bits per heavy atom. The molecule has 0 spiro atoms. The minimum atomic E-state index is -0.490. The normalized spacial score (nSPS) is 11.1. The number of nitrogens with zero attached hydrogens (tertiary/aromatic N) is 2. The van der Waals surface area contributed by atoms with Gasteiger partial charge in [0.1, 0.15) is 11.4 Å². The van der Waals surface area contributed by atoms with Crippen molar-refractivity contribution >= 4 is 11.9 Å².